The van der Waals surface area contributed by atoms with Crippen LogP contribution in [0.4, 0.5) is 11.4 Å². The summed E-state index contributed by atoms with van der Waals surface area (Å²) in [6, 6.07) is 17.1. The molecule has 3 aromatic carbocycles. The van der Waals surface area contributed by atoms with Crippen LogP contribution in [0.2, 0.25) is 5.02 Å². The molecule has 3 aromatic rings. The van der Waals surface area contributed by atoms with Gasteiger partial charge in [-0.1, -0.05) is 54.1 Å². The lowest BCUT2D eigenvalue weighted by molar-refractivity contribution is -0.384. The molecule has 0 aliphatic carbocycles. The highest BCUT2D eigenvalue weighted by Crippen LogP contribution is 2.48. The minimum Gasteiger partial charge on any atom is -0.359 e. The molecule has 0 radical (unpaired) electrons. The second-order valence-corrected chi connectivity index (χ2v) is 10.6. The minimum absolute atomic E-state index is 0.101. The van der Waals surface area contributed by atoms with Gasteiger partial charge in [-0.3, -0.25) is 29.3 Å². The van der Waals surface area contributed by atoms with E-state index >= 15 is 0 Å². The van der Waals surface area contributed by atoms with Crippen molar-refractivity contribution in [2.24, 2.45) is 11.8 Å². The fourth-order valence-corrected chi connectivity index (χ4v) is 6.05. The van der Waals surface area contributed by atoms with Gasteiger partial charge in [-0.2, -0.15) is 0 Å². The second-order valence-electron chi connectivity index (χ2n) is 10.2. The average Bonchev–Trinajstić information content (AvgIpc) is 3.44. The molecule has 6 rings (SSSR count). The third-order valence-electron chi connectivity index (χ3n) is 7.89. The van der Waals surface area contributed by atoms with Crippen LogP contribution >= 0.6 is 11.6 Å². The Balaban J connectivity index is 1.45. The zero-order chi connectivity index (χ0) is 29.0. The molecule has 0 N–H and O–H groups in total. The quantitative estimate of drug-likeness (QED) is 0.179. The summed E-state index contributed by atoms with van der Waals surface area (Å²) in [5.74, 6) is -3.92. The maximum Gasteiger partial charge on any atom is 0.271 e. The topological polar surface area (TPSA) is 118 Å². The number of hydrogen-bond donors (Lipinski definition) is 0. The Labute approximate surface area is 239 Å². The first kappa shape index (κ1) is 26.3. The van der Waals surface area contributed by atoms with E-state index in [0.29, 0.717) is 27.3 Å². The van der Waals surface area contributed by atoms with Gasteiger partial charge in [-0.25, -0.2) is 4.90 Å². The third kappa shape index (κ3) is 4.25. The molecular weight excluding hydrogens is 546 g/mol. The molecule has 0 unspecified atom stereocenters. The van der Waals surface area contributed by atoms with Gasteiger partial charge in [0.2, 0.25) is 11.8 Å². The van der Waals surface area contributed by atoms with E-state index in [1.807, 2.05) is 0 Å². The maximum atomic E-state index is 14.0. The lowest BCUT2D eigenvalue weighted by atomic mass is 9.85. The van der Waals surface area contributed by atoms with Gasteiger partial charge >= 0.3 is 0 Å². The number of non-ortho nitro benzene ring substituents is 1. The number of anilines is 1. The molecule has 0 saturated carbocycles. The SMILES string of the molecule is Cc1ccc([N+](=O)[O-])cc1N1C(=O)[C@@H]2[C@H](C1=O)[C@H](C(=O)c1ccc(Cl)cc1)N1C=CC(C(=O)c3ccccc3)=C[C@@H]21. The summed E-state index contributed by atoms with van der Waals surface area (Å²) < 4.78 is 0. The number of benzene rings is 3. The molecule has 0 spiro atoms. The zero-order valence-corrected chi connectivity index (χ0v) is 22.4. The van der Waals surface area contributed by atoms with Gasteiger partial charge < -0.3 is 4.90 Å². The van der Waals surface area contributed by atoms with Crippen molar-refractivity contribution in [2.45, 2.75) is 19.0 Å². The van der Waals surface area contributed by atoms with E-state index in [0.717, 1.165) is 4.90 Å². The first-order valence-corrected chi connectivity index (χ1v) is 13.2. The van der Waals surface area contributed by atoms with E-state index in [9.17, 15) is 29.3 Å². The largest absolute Gasteiger partial charge is 0.359 e. The Bertz CT molecular complexity index is 1700. The minimum atomic E-state index is -1.08. The number of fused-ring (bicyclic) bond motifs is 3. The number of nitrogens with zero attached hydrogens (tertiary/aromatic N) is 3. The van der Waals surface area contributed by atoms with Crippen molar-refractivity contribution < 1.29 is 24.1 Å². The molecule has 204 valence electrons. The lowest BCUT2D eigenvalue weighted by Gasteiger charge is -2.33. The van der Waals surface area contributed by atoms with Crippen molar-refractivity contribution in [1.29, 1.82) is 0 Å². The third-order valence-corrected chi connectivity index (χ3v) is 8.14. The van der Waals surface area contributed by atoms with Gasteiger partial charge in [0.15, 0.2) is 11.6 Å². The highest BCUT2D eigenvalue weighted by molar-refractivity contribution is 6.30. The smallest absolute Gasteiger partial charge is 0.271 e. The molecule has 2 amide bonds. The van der Waals surface area contributed by atoms with Gasteiger partial charge in [-0.05, 0) is 42.8 Å². The van der Waals surface area contributed by atoms with Gasteiger partial charge in [0.1, 0.15) is 6.04 Å². The maximum absolute atomic E-state index is 14.0. The Hall–Kier alpha value is -4.89. The van der Waals surface area contributed by atoms with E-state index in [-0.39, 0.29) is 22.9 Å². The van der Waals surface area contributed by atoms with Crippen molar-refractivity contribution in [3.8, 4) is 0 Å². The van der Waals surface area contributed by atoms with E-state index in [2.05, 4.69) is 0 Å². The summed E-state index contributed by atoms with van der Waals surface area (Å²) >= 11 is 6.03. The molecule has 4 atom stereocenters. The molecular formula is C31H22ClN3O6. The van der Waals surface area contributed by atoms with Crippen molar-refractivity contribution in [1.82, 2.24) is 4.90 Å². The van der Waals surface area contributed by atoms with Crippen molar-refractivity contribution in [3.05, 3.63) is 129 Å². The van der Waals surface area contributed by atoms with Gasteiger partial charge in [0.25, 0.3) is 5.69 Å². The van der Waals surface area contributed by atoms with Crippen LogP contribution in [0.25, 0.3) is 0 Å². The summed E-state index contributed by atoms with van der Waals surface area (Å²) in [6.45, 7) is 1.65. The molecule has 10 heteroatoms. The van der Waals surface area contributed by atoms with Gasteiger partial charge in [0, 0.05) is 40.1 Å². The van der Waals surface area contributed by atoms with Crippen LogP contribution < -0.4 is 4.90 Å². The van der Waals surface area contributed by atoms with Gasteiger partial charge in [-0.15, -0.1) is 0 Å². The summed E-state index contributed by atoms with van der Waals surface area (Å²) in [4.78, 5) is 68.8. The van der Waals surface area contributed by atoms with Crippen LogP contribution in [0.15, 0.2) is 96.7 Å². The number of halogens is 1. The number of hydrogen-bond acceptors (Lipinski definition) is 7. The number of rotatable bonds is 6. The van der Waals surface area contributed by atoms with Crippen LogP contribution in [0.1, 0.15) is 26.3 Å². The first-order valence-electron chi connectivity index (χ1n) is 12.9. The average molecular weight is 568 g/mol. The highest BCUT2D eigenvalue weighted by atomic mass is 35.5. The van der Waals surface area contributed by atoms with Crippen molar-refractivity contribution in [2.75, 3.05) is 4.90 Å². The fourth-order valence-electron chi connectivity index (χ4n) is 5.93. The normalized spacial score (nSPS) is 22.8. The summed E-state index contributed by atoms with van der Waals surface area (Å²) in [5.41, 5.74) is 1.43. The molecule has 0 bridgehead atoms. The van der Waals surface area contributed by atoms with Gasteiger partial charge in [0.05, 0.1) is 28.5 Å². The summed E-state index contributed by atoms with van der Waals surface area (Å²) in [6.07, 6.45) is 4.82. The van der Waals surface area contributed by atoms with Crippen LogP contribution in [0.5, 0.6) is 0 Å². The predicted molar refractivity (Wildman–Crippen MR) is 150 cm³/mol. The van der Waals surface area contributed by atoms with E-state index in [1.54, 1.807) is 84.8 Å². The Morgan fingerprint density at radius 2 is 1.59 bits per heavy atom. The molecule has 3 aliphatic heterocycles. The lowest BCUT2D eigenvalue weighted by Crippen LogP contribution is -2.46. The Morgan fingerprint density at radius 1 is 0.902 bits per heavy atom. The molecule has 41 heavy (non-hydrogen) atoms. The highest BCUT2D eigenvalue weighted by Gasteiger charge is 2.63. The number of amides is 2. The van der Waals surface area contributed by atoms with Crippen LogP contribution in [-0.2, 0) is 9.59 Å². The number of imide groups is 1. The van der Waals surface area contributed by atoms with Crippen LogP contribution in [0.3, 0.4) is 0 Å². The van der Waals surface area contributed by atoms with E-state index in [4.69, 9.17) is 11.6 Å². The number of Topliss-reactive ketones (excluding diaryl/α,β-unsaturated/α-hetero) is 2. The number of nitro groups is 1. The molecule has 3 aliphatic rings. The number of aryl methyl sites for hydroxylation is 1. The molecule has 0 aromatic heterocycles. The molecule has 2 saturated heterocycles. The molecule has 9 nitrogen and oxygen atoms in total. The van der Waals surface area contributed by atoms with E-state index in [1.165, 1.54) is 18.2 Å². The van der Waals surface area contributed by atoms with E-state index < -0.39 is 40.7 Å². The Kier molecular flexibility index (Phi) is 6.38. The standard InChI is InChI=1S/C31H22ClN3O6/c1-17-7-12-22(35(40)41)16-23(17)34-30(38)25-24-15-20(28(36)18-5-3-2-4-6-18)13-14-33(24)27(26(25)31(34)39)29(37)19-8-10-21(32)11-9-19/h2-16,24-27H,1H3/t24-,25-,26-,27+/m0/s1. The summed E-state index contributed by atoms with van der Waals surface area (Å²) in [5, 5.41) is 11.9. The van der Waals surface area contributed by atoms with Crippen molar-refractivity contribution >= 4 is 46.4 Å². The van der Waals surface area contributed by atoms with Crippen molar-refractivity contribution in [3.63, 3.8) is 0 Å². The molecule has 2 fully saturated rings. The zero-order valence-electron chi connectivity index (χ0n) is 21.6. The number of carbonyl (C=O) groups excluding carboxylic acids is 4. The van der Waals surface area contributed by atoms with Crippen LogP contribution in [-0.4, -0.2) is 45.3 Å². The Morgan fingerprint density at radius 3 is 2.27 bits per heavy atom. The summed E-state index contributed by atoms with van der Waals surface area (Å²) in [7, 11) is 0. The van der Waals surface area contributed by atoms with Crippen LogP contribution in [0, 0.1) is 28.9 Å². The second kappa shape index (κ2) is 9.94. The monoisotopic (exact) mass is 567 g/mol. The first-order chi connectivity index (χ1) is 19.7. The number of carbonyl (C=O) groups is 4. The number of nitro benzene ring substituents is 1. The molecule has 3 heterocycles. The fraction of sp³-hybridized carbons (Fsp3) is 0.161. The predicted octanol–water partition coefficient (Wildman–Crippen LogP) is 4.93. The number of ketones is 2. The number of allylic oxidation sites excluding steroid dienone is 2.